The zero-order valence-electron chi connectivity index (χ0n) is 28.9. The number of aromatic nitrogens is 4. The third kappa shape index (κ3) is 4.06. The van der Waals surface area contributed by atoms with Crippen LogP contribution in [-0.2, 0) is 0 Å². The fourth-order valence-electron chi connectivity index (χ4n) is 8.69. The van der Waals surface area contributed by atoms with Crippen molar-refractivity contribution >= 4 is 76.1 Å². The molecule has 5 heteroatoms. The molecule has 5 nitrogen and oxygen atoms in total. The Kier molecular flexibility index (Phi) is 5.99. The topological polar surface area (TPSA) is 56.7 Å². The van der Waals surface area contributed by atoms with Crippen LogP contribution in [0.3, 0.4) is 0 Å². The minimum Gasteiger partial charge on any atom is -0.454 e. The van der Waals surface area contributed by atoms with Gasteiger partial charge in [0.2, 0.25) is 0 Å². The van der Waals surface area contributed by atoms with Crippen LogP contribution in [0.4, 0.5) is 0 Å². The second-order valence-corrected chi connectivity index (χ2v) is 13.9. The summed E-state index contributed by atoms with van der Waals surface area (Å²) in [6.07, 6.45) is 0. The molecule has 3 aromatic heterocycles. The number of para-hydroxylation sites is 1. The molecular weight excluding hydrogens is 661 g/mol. The zero-order valence-corrected chi connectivity index (χ0v) is 28.9. The summed E-state index contributed by atoms with van der Waals surface area (Å²) in [5.41, 5.74) is 7.60. The summed E-state index contributed by atoms with van der Waals surface area (Å²) in [6.45, 7) is 0. The first-order valence-corrected chi connectivity index (χ1v) is 18.2. The third-order valence-corrected chi connectivity index (χ3v) is 11.0. The van der Waals surface area contributed by atoms with Crippen molar-refractivity contribution in [2.75, 3.05) is 0 Å². The molecule has 0 fully saturated rings. The van der Waals surface area contributed by atoms with E-state index in [0.29, 0.717) is 17.5 Å². The molecule has 3 heterocycles. The molecule has 0 saturated carbocycles. The Labute approximate surface area is 308 Å². The van der Waals surface area contributed by atoms with Crippen LogP contribution in [0.2, 0.25) is 0 Å². The fraction of sp³-hybridized carbons (Fsp3) is 0. The molecule has 0 amide bonds. The number of rotatable bonds is 4. The Hall–Kier alpha value is -7.37. The highest BCUT2D eigenvalue weighted by molar-refractivity contribution is 6.39. The molecule has 0 atom stereocenters. The van der Waals surface area contributed by atoms with Gasteiger partial charge in [0.15, 0.2) is 23.1 Å². The first kappa shape index (κ1) is 29.2. The van der Waals surface area contributed by atoms with Crippen molar-refractivity contribution in [3.63, 3.8) is 0 Å². The molecule has 250 valence electrons. The van der Waals surface area contributed by atoms with E-state index >= 15 is 0 Å². The zero-order chi connectivity index (χ0) is 35.3. The maximum absolute atomic E-state index is 6.93. The van der Waals surface area contributed by atoms with Crippen molar-refractivity contribution in [2.45, 2.75) is 0 Å². The number of fused-ring (bicyclic) bond motifs is 8. The molecular formula is C49H28N4O. The van der Waals surface area contributed by atoms with Gasteiger partial charge in [0.05, 0.1) is 16.7 Å². The van der Waals surface area contributed by atoms with E-state index in [9.17, 15) is 0 Å². The SMILES string of the molecule is c1ccc(-c2nc(-c3ccccc3)nc(-c3ccc(-n4c5cccc6c7ccccc7c7c8ccccc8cc4c7c65)c4oc5ccccc5c34)n2)cc1. The van der Waals surface area contributed by atoms with Crippen LogP contribution >= 0.6 is 0 Å². The Morgan fingerprint density at radius 3 is 1.74 bits per heavy atom. The van der Waals surface area contributed by atoms with Crippen LogP contribution in [0.15, 0.2) is 174 Å². The van der Waals surface area contributed by atoms with Crippen molar-refractivity contribution in [2.24, 2.45) is 0 Å². The van der Waals surface area contributed by atoms with Crippen molar-refractivity contribution in [1.82, 2.24) is 19.5 Å². The summed E-state index contributed by atoms with van der Waals surface area (Å²) in [5, 5.41) is 12.0. The van der Waals surface area contributed by atoms with Gasteiger partial charge in [-0.1, -0.05) is 140 Å². The maximum atomic E-state index is 6.93. The Balaban J connectivity index is 1.21. The average molecular weight is 689 g/mol. The lowest BCUT2D eigenvalue weighted by Crippen LogP contribution is -2.01. The number of hydrogen-bond acceptors (Lipinski definition) is 4. The molecule has 12 rings (SSSR count). The molecule has 0 aliphatic heterocycles. The minimum atomic E-state index is 0.594. The lowest BCUT2D eigenvalue weighted by Gasteiger charge is -2.13. The number of furan rings is 1. The van der Waals surface area contributed by atoms with Crippen LogP contribution in [0.25, 0.3) is 116 Å². The van der Waals surface area contributed by atoms with Crippen LogP contribution in [0.5, 0.6) is 0 Å². The minimum absolute atomic E-state index is 0.594. The van der Waals surface area contributed by atoms with Gasteiger partial charge in [0.25, 0.3) is 0 Å². The second kappa shape index (κ2) is 11.1. The normalized spacial score (nSPS) is 12.1. The van der Waals surface area contributed by atoms with Gasteiger partial charge >= 0.3 is 0 Å². The molecule has 0 aliphatic rings. The van der Waals surface area contributed by atoms with Gasteiger partial charge in [-0.3, -0.25) is 0 Å². The highest BCUT2D eigenvalue weighted by atomic mass is 16.3. The van der Waals surface area contributed by atoms with E-state index in [1.807, 2.05) is 72.8 Å². The summed E-state index contributed by atoms with van der Waals surface area (Å²) in [4.78, 5) is 15.3. The first-order chi connectivity index (χ1) is 26.8. The third-order valence-electron chi connectivity index (χ3n) is 11.0. The first-order valence-electron chi connectivity index (χ1n) is 18.2. The molecule has 0 bridgehead atoms. The van der Waals surface area contributed by atoms with Crippen LogP contribution in [0, 0.1) is 0 Å². The molecule has 0 unspecified atom stereocenters. The van der Waals surface area contributed by atoms with Crippen molar-refractivity contribution in [1.29, 1.82) is 0 Å². The maximum Gasteiger partial charge on any atom is 0.164 e. The molecule has 0 radical (unpaired) electrons. The Bertz CT molecular complexity index is 3370. The standard InChI is InChI=1S/C49H28N4O/c1-3-14-29(15-4-1)47-50-48(30-16-5-2-6-17-30)52-49(51-47)37-26-27-39(46-43(37)36-22-11-12-25-41(36)54-46)53-38-24-13-23-35-33-20-9-10-21-34(33)42-32-19-8-7-18-31(32)28-40(53)45(42)44(35)38/h1-28H. The van der Waals surface area contributed by atoms with Gasteiger partial charge in [-0.2, -0.15) is 0 Å². The summed E-state index contributed by atoms with van der Waals surface area (Å²) in [7, 11) is 0. The Morgan fingerprint density at radius 2 is 0.981 bits per heavy atom. The number of nitrogens with zero attached hydrogens (tertiary/aromatic N) is 4. The van der Waals surface area contributed by atoms with Crippen molar-refractivity contribution in [3.8, 4) is 39.9 Å². The van der Waals surface area contributed by atoms with Gasteiger partial charge in [0, 0.05) is 43.6 Å². The van der Waals surface area contributed by atoms with Gasteiger partial charge in [-0.05, 0) is 57.3 Å². The molecule has 12 aromatic rings. The highest BCUT2D eigenvalue weighted by Gasteiger charge is 2.25. The second-order valence-electron chi connectivity index (χ2n) is 13.9. The van der Waals surface area contributed by atoms with Crippen LogP contribution in [0.1, 0.15) is 0 Å². The molecule has 0 saturated heterocycles. The fourth-order valence-corrected chi connectivity index (χ4v) is 8.69. The van der Waals surface area contributed by atoms with Gasteiger partial charge in [0.1, 0.15) is 5.58 Å². The molecule has 0 N–H and O–H groups in total. The summed E-state index contributed by atoms with van der Waals surface area (Å²) < 4.78 is 9.34. The van der Waals surface area contributed by atoms with Crippen molar-refractivity contribution < 1.29 is 4.42 Å². The largest absolute Gasteiger partial charge is 0.454 e. The quantitative estimate of drug-likeness (QED) is 0.173. The number of benzene rings is 9. The highest BCUT2D eigenvalue weighted by Crippen LogP contribution is 2.48. The number of hydrogen-bond donors (Lipinski definition) is 0. The monoisotopic (exact) mass is 688 g/mol. The van der Waals surface area contributed by atoms with Crippen LogP contribution < -0.4 is 0 Å². The predicted octanol–water partition coefficient (Wildman–Crippen LogP) is 12.8. The summed E-state index contributed by atoms with van der Waals surface area (Å²) in [6, 6.07) is 59.4. The van der Waals surface area contributed by atoms with E-state index < -0.39 is 0 Å². The van der Waals surface area contributed by atoms with E-state index in [0.717, 1.165) is 55.3 Å². The van der Waals surface area contributed by atoms with E-state index in [1.54, 1.807) is 0 Å². The summed E-state index contributed by atoms with van der Waals surface area (Å²) >= 11 is 0. The van der Waals surface area contributed by atoms with Gasteiger partial charge < -0.3 is 8.98 Å². The lowest BCUT2D eigenvalue weighted by atomic mass is 9.91. The van der Waals surface area contributed by atoms with Gasteiger partial charge in [-0.25, -0.2) is 15.0 Å². The van der Waals surface area contributed by atoms with Gasteiger partial charge in [-0.15, -0.1) is 0 Å². The molecule has 0 spiro atoms. The predicted molar refractivity (Wildman–Crippen MR) is 221 cm³/mol. The molecule has 54 heavy (non-hydrogen) atoms. The molecule has 9 aromatic carbocycles. The smallest absolute Gasteiger partial charge is 0.164 e. The average Bonchev–Trinajstić information content (AvgIpc) is 3.80. The van der Waals surface area contributed by atoms with E-state index in [4.69, 9.17) is 19.4 Å². The lowest BCUT2D eigenvalue weighted by molar-refractivity contribution is 0.666. The van der Waals surface area contributed by atoms with Crippen molar-refractivity contribution in [3.05, 3.63) is 170 Å². The van der Waals surface area contributed by atoms with E-state index in [1.165, 1.54) is 43.1 Å². The van der Waals surface area contributed by atoms with Crippen LogP contribution in [-0.4, -0.2) is 19.5 Å². The van der Waals surface area contributed by atoms with E-state index in [2.05, 4.69) is 102 Å². The molecule has 0 aliphatic carbocycles. The Morgan fingerprint density at radius 1 is 0.389 bits per heavy atom. The van der Waals surface area contributed by atoms with E-state index in [-0.39, 0.29) is 0 Å². The summed E-state index contributed by atoms with van der Waals surface area (Å²) in [5.74, 6) is 1.84.